The summed E-state index contributed by atoms with van der Waals surface area (Å²) in [7, 11) is -3.57. The number of thioether (sulfide) groups is 1. The highest BCUT2D eigenvalue weighted by molar-refractivity contribution is 7.99. The Bertz CT molecular complexity index is 942. The van der Waals surface area contributed by atoms with Gasteiger partial charge in [-0.1, -0.05) is 30.3 Å². The zero-order chi connectivity index (χ0) is 18.9. The Labute approximate surface area is 163 Å². The minimum atomic E-state index is -3.57. The standard InChI is InChI=1S/C19H23N3O3S2/c23-19(22-7-8-26-13-22)18-9-14(11-20-18)12-21-27(24,25)17-6-5-15-3-1-2-4-16(15)10-17/h1-6,10,14,18,20-21H,7-9,11-13H2/t14-,18-/m0/s1. The van der Waals surface area contributed by atoms with Crippen LogP contribution in [0.1, 0.15) is 6.42 Å². The van der Waals surface area contributed by atoms with Crippen molar-refractivity contribution >= 4 is 38.5 Å². The van der Waals surface area contributed by atoms with Crippen molar-refractivity contribution in [3.05, 3.63) is 42.5 Å². The van der Waals surface area contributed by atoms with Crippen molar-refractivity contribution in [1.29, 1.82) is 0 Å². The van der Waals surface area contributed by atoms with E-state index in [-0.39, 0.29) is 22.8 Å². The van der Waals surface area contributed by atoms with Gasteiger partial charge in [0, 0.05) is 25.4 Å². The first-order valence-corrected chi connectivity index (χ1v) is 11.7. The Hall–Kier alpha value is -1.61. The Kier molecular flexibility index (Phi) is 5.41. The number of amides is 1. The molecule has 2 aliphatic rings. The first kappa shape index (κ1) is 18.7. The Morgan fingerprint density at radius 2 is 2.04 bits per heavy atom. The number of nitrogens with zero attached hydrogens (tertiary/aromatic N) is 1. The SMILES string of the molecule is O=C([C@@H]1C[C@H](CNS(=O)(=O)c2ccc3ccccc3c2)CN1)N1CCSC1. The van der Waals surface area contributed by atoms with Gasteiger partial charge in [0.1, 0.15) is 0 Å². The Morgan fingerprint density at radius 3 is 2.81 bits per heavy atom. The zero-order valence-electron chi connectivity index (χ0n) is 14.9. The van der Waals surface area contributed by atoms with Crippen LogP contribution in [-0.4, -0.2) is 56.5 Å². The van der Waals surface area contributed by atoms with Gasteiger partial charge in [0.15, 0.2) is 0 Å². The molecule has 144 valence electrons. The molecule has 27 heavy (non-hydrogen) atoms. The van der Waals surface area contributed by atoms with Gasteiger partial charge in [0.05, 0.1) is 16.8 Å². The van der Waals surface area contributed by atoms with E-state index < -0.39 is 10.0 Å². The van der Waals surface area contributed by atoms with Gasteiger partial charge in [-0.3, -0.25) is 4.79 Å². The van der Waals surface area contributed by atoms with Gasteiger partial charge in [0.2, 0.25) is 15.9 Å². The van der Waals surface area contributed by atoms with Gasteiger partial charge in [-0.25, -0.2) is 13.1 Å². The molecule has 0 spiro atoms. The molecule has 0 saturated carbocycles. The van der Waals surface area contributed by atoms with Gasteiger partial charge < -0.3 is 10.2 Å². The minimum Gasteiger partial charge on any atom is -0.331 e. The number of hydrogen-bond donors (Lipinski definition) is 2. The molecule has 1 amide bonds. The van der Waals surface area contributed by atoms with Crippen LogP contribution < -0.4 is 10.0 Å². The number of fused-ring (bicyclic) bond motifs is 1. The average Bonchev–Trinajstić information content (AvgIpc) is 3.37. The van der Waals surface area contributed by atoms with E-state index in [1.54, 1.807) is 23.9 Å². The Morgan fingerprint density at radius 1 is 1.22 bits per heavy atom. The summed E-state index contributed by atoms with van der Waals surface area (Å²) < 4.78 is 28.0. The second-order valence-corrected chi connectivity index (χ2v) is 9.90. The minimum absolute atomic E-state index is 0.115. The third kappa shape index (κ3) is 4.13. The molecule has 2 atom stereocenters. The van der Waals surface area contributed by atoms with Crippen molar-refractivity contribution in [3.63, 3.8) is 0 Å². The molecule has 2 heterocycles. The number of rotatable bonds is 5. The largest absolute Gasteiger partial charge is 0.331 e. The summed E-state index contributed by atoms with van der Waals surface area (Å²) in [6, 6.07) is 12.6. The summed E-state index contributed by atoms with van der Waals surface area (Å²) in [5.41, 5.74) is 0. The van der Waals surface area contributed by atoms with Crippen molar-refractivity contribution < 1.29 is 13.2 Å². The first-order chi connectivity index (χ1) is 13.0. The zero-order valence-corrected chi connectivity index (χ0v) is 16.6. The third-order valence-corrected chi connectivity index (χ3v) is 7.56. The maximum atomic E-state index is 12.6. The quantitative estimate of drug-likeness (QED) is 0.791. The lowest BCUT2D eigenvalue weighted by Crippen LogP contribution is -2.42. The molecule has 0 aromatic heterocycles. The van der Waals surface area contributed by atoms with Crippen LogP contribution in [0.5, 0.6) is 0 Å². The summed E-state index contributed by atoms with van der Waals surface area (Å²) in [4.78, 5) is 14.6. The van der Waals surface area contributed by atoms with E-state index in [2.05, 4.69) is 10.0 Å². The lowest BCUT2D eigenvalue weighted by molar-refractivity contribution is -0.131. The molecule has 4 rings (SSSR count). The van der Waals surface area contributed by atoms with E-state index in [1.165, 1.54) is 0 Å². The van der Waals surface area contributed by atoms with Crippen LogP contribution in [0.4, 0.5) is 0 Å². The van der Waals surface area contributed by atoms with Gasteiger partial charge in [-0.15, -0.1) is 11.8 Å². The molecule has 8 heteroatoms. The number of benzene rings is 2. The van der Waals surface area contributed by atoms with Crippen LogP contribution in [-0.2, 0) is 14.8 Å². The molecule has 0 unspecified atom stereocenters. The van der Waals surface area contributed by atoms with Gasteiger partial charge in [0.25, 0.3) is 0 Å². The second kappa shape index (κ2) is 7.79. The smallest absolute Gasteiger partial charge is 0.240 e. The van der Waals surface area contributed by atoms with Crippen LogP contribution in [0, 0.1) is 5.92 Å². The van der Waals surface area contributed by atoms with E-state index in [0.29, 0.717) is 19.5 Å². The van der Waals surface area contributed by atoms with Crippen molar-refractivity contribution in [2.24, 2.45) is 5.92 Å². The fourth-order valence-electron chi connectivity index (χ4n) is 3.61. The molecule has 0 bridgehead atoms. The van der Waals surface area contributed by atoms with Crippen molar-refractivity contribution in [3.8, 4) is 0 Å². The summed E-state index contributed by atoms with van der Waals surface area (Å²) in [5, 5.41) is 5.16. The molecule has 0 aliphatic carbocycles. The normalized spacial score (nSPS) is 23.2. The number of carbonyl (C=O) groups is 1. The van der Waals surface area contributed by atoms with Crippen LogP contribution in [0.25, 0.3) is 10.8 Å². The van der Waals surface area contributed by atoms with Crippen LogP contribution >= 0.6 is 11.8 Å². The van der Waals surface area contributed by atoms with Gasteiger partial charge in [-0.05, 0) is 35.2 Å². The predicted molar refractivity (Wildman–Crippen MR) is 108 cm³/mol. The monoisotopic (exact) mass is 405 g/mol. The lowest BCUT2D eigenvalue weighted by Gasteiger charge is -2.19. The number of hydrogen-bond acceptors (Lipinski definition) is 5. The first-order valence-electron chi connectivity index (χ1n) is 9.11. The topological polar surface area (TPSA) is 78.5 Å². The molecule has 2 aromatic carbocycles. The highest BCUT2D eigenvalue weighted by Crippen LogP contribution is 2.22. The van der Waals surface area contributed by atoms with Crippen LogP contribution in [0.2, 0.25) is 0 Å². The van der Waals surface area contributed by atoms with E-state index in [4.69, 9.17) is 0 Å². The van der Waals surface area contributed by atoms with Gasteiger partial charge in [-0.2, -0.15) is 0 Å². The van der Waals surface area contributed by atoms with E-state index in [0.717, 1.165) is 28.9 Å². The predicted octanol–water partition coefficient (Wildman–Crippen LogP) is 1.63. The van der Waals surface area contributed by atoms with Crippen molar-refractivity contribution in [2.45, 2.75) is 17.4 Å². The maximum absolute atomic E-state index is 12.6. The van der Waals surface area contributed by atoms with Crippen LogP contribution in [0.3, 0.4) is 0 Å². The highest BCUT2D eigenvalue weighted by Gasteiger charge is 2.33. The second-order valence-electron chi connectivity index (χ2n) is 7.06. The molecule has 2 fully saturated rings. The van der Waals surface area contributed by atoms with E-state index in [1.807, 2.05) is 35.2 Å². The fraction of sp³-hybridized carbons (Fsp3) is 0.421. The molecular formula is C19H23N3O3S2. The van der Waals surface area contributed by atoms with E-state index in [9.17, 15) is 13.2 Å². The van der Waals surface area contributed by atoms with E-state index >= 15 is 0 Å². The molecule has 6 nitrogen and oxygen atoms in total. The highest BCUT2D eigenvalue weighted by atomic mass is 32.2. The summed E-state index contributed by atoms with van der Waals surface area (Å²) in [6.07, 6.45) is 0.667. The fourth-order valence-corrected chi connectivity index (χ4v) is 5.71. The molecule has 2 saturated heterocycles. The molecule has 2 aromatic rings. The molecular weight excluding hydrogens is 382 g/mol. The lowest BCUT2D eigenvalue weighted by atomic mass is 10.1. The summed E-state index contributed by atoms with van der Waals surface area (Å²) >= 11 is 1.77. The van der Waals surface area contributed by atoms with Crippen molar-refractivity contribution in [1.82, 2.24) is 14.9 Å². The Balaban J connectivity index is 1.36. The van der Waals surface area contributed by atoms with Crippen LogP contribution in [0.15, 0.2) is 47.4 Å². The maximum Gasteiger partial charge on any atom is 0.240 e. The molecule has 2 aliphatic heterocycles. The third-order valence-electron chi connectivity index (χ3n) is 5.18. The molecule has 0 radical (unpaired) electrons. The van der Waals surface area contributed by atoms with Crippen molar-refractivity contribution in [2.75, 3.05) is 31.3 Å². The number of sulfonamides is 1. The number of carbonyl (C=O) groups excluding carboxylic acids is 1. The molecule has 2 N–H and O–H groups in total. The number of nitrogens with one attached hydrogen (secondary N) is 2. The summed E-state index contributed by atoms with van der Waals surface area (Å²) in [5.74, 6) is 2.01. The van der Waals surface area contributed by atoms with Gasteiger partial charge >= 0.3 is 0 Å². The average molecular weight is 406 g/mol. The summed E-state index contributed by atoms with van der Waals surface area (Å²) in [6.45, 7) is 1.79.